The first-order valence-corrected chi connectivity index (χ1v) is 8.27. The van der Waals surface area contributed by atoms with Crippen molar-refractivity contribution >= 4 is 0 Å². The maximum Gasteiger partial charge on any atom is 0.115 e. The molecule has 0 amide bonds. The van der Waals surface area contributed by atoms with Gasteiger partial charge in [0.2, 0.25) is 0 Å². The summed E-state index contributed by atoms with van der Waals surface area (Å²) in [4.78, 5) is 0. The zero-order chi connectivity index (χ0) is 14.2. The van der Waals surface area contributed by atoms with Crippen LogP contribution >= 0.6 is 0 Å². The quantitative estimate of drug-likeness (QED) is 0.878. The van der Waals surface area contributed by atoms with Crippen LogP contribution in [0, 0.1) is 5.92 Å². The Morgan fingerprint density at radius 2 is 2.15 bits per heavy atom. The normalized spacial score (nSPS) is 32.5. The molecule has 2 heteroatoms. The van der Waals surface area contributed by atoms with Crippen LogP contribution in [-0.4, -0.2) is 17.7 Å². The summed E-state index contributed by atoms with van der Waals surface area (Å²) in [7, 11) is 0. The first kappa shape index (κ1) is 13.9. The van der Waals surface area contributed by atoms with E-state index >= 15 is 0 Å². The lowest BCUT2D eigenvalue weighted by atomic mass is 9.54. The molecule has 2 aliphatic rings. The third-order valence-corrected chi connectivity index (χ3v) is 5.75. The molecule has 1 aromatic carbocycles. The van der Waals surface area contributed by atoms with Gasteiger partial charge in [0.1, 0.15) is 5.75 Å². The van der Waals surface area contributed by atoms with Gasteiger partial charge >= 0.3 is 0 Å². The Labute approximate surface area is 122 Å². The average molecular weight is 273 g/mol. The molecule has 2 N–H and O–H groups in total. The molecule has 0 bridgehead atoms. The molecule has 20 heavy (non-hydrogen) atoms. The van der Waals surface area contributed by atoms with Crippen molar-refractivity contribution in [3.63, 3.8) is 0 Å². The van der Waals surface area contributed by atoms with Crippen molar-refractivity contribution in [1.29, 1.82) is 0 Å². The van der Waals surface area contributed by atoms with E-state index in [-0.39, 0.29) is 5.41 Å². The number of nitrogens with one attached hydrogen (secondary N) is 1. The molecule has 1 aromatic rings. The minimum atomic E-state index is 0.289. The summed E-state index contributed by atoms with van der Waals surface area (Å²) in [5, 5.41) is 13.7. The van der Waals surface area contributed by atoms with E-state index in [1.54, 1.807) is 0 Å². The molecule has 0 aliphatic heterocycles. The lowest BCUT2D eigenvalue weighted by molar-refractivity contribution is 0.118. The maximum atomic E-state index is 9.94. The first-order chi connectivity index (χ1) is 9.71. The van der Waals surface area contributed by atoms with Crippen LogP contribution in [0.25, 0.3) is 0 Å². The number of likely N-dealkylation sites (N-methyl/N-ethyl adjacent to an activating group) is 1. The summed E-state index contributed by atoms with van der Waals surface area (Å²) in [6.07, 6.45) is 7.62. The molecule has 110 valence electrons. The van der Waals surface area contributed by atoms with E-state index in [4.69, 9.17) is 0 Å². The fraction of sp³-hybridized carbons (Fsp3) is 0.667. The first-order valence-electron chi connectivity index (χ1n) is 8.27. The number of rotatable bonds is 3. The SMILES string of the molecule is CCN[C@H]1Cc2ccc(O)cc2[C@]2(CC)CCCC[C@H]12. The fourth-order valence-electron chi connectivity index (χ4n) is 4.88. The van der Waals surface area contributed by atoms with Crippen molar-refractivity contribution in [3.8, 4) is 5.75 Å². The van der Waals surface area contributed by atoms with Gasteiger partial charge in [0, 0.05) is 6.04 Å². The van der Waals surface area contributed by atoms with Crippen LogP contribution in [0.4, 0.5) is 0 Å². The Kier molecular flexibility index (Phi) is 3.76. The summed E-state index contributed by atoms with van der Waals surface area (Å²) in [5.74, 6) is 1.17. The minimum Gasteiger partial charge on any atom is -0.508 e. The number of phenolic OH excluding ortho intramolecular Hbond substituents is 1. The van der Waals surface area contributed by atoms with Crippen LogP contribution < -0.4 is 5.32 Å². The summed E-state index contributed by atoms with van der Waals surface area (Å²) in [6.45, 7) is 5.59. The predicted octanol–water partition coefficient (Wildman–Crippen LogP) is 3.76. The topological polar surface area (TPSA) is 32.3 Å². The van der Waals surface area contributed by atoms with E-state index in [0.717, 1.165) is 18.9 Å². The molecule has 0 saturated heterocycles. The number of hydrogen-bond donors (Lipinski definition) is 2. The third-order valence-electron chi connectivity index (χ3n) is 5.75. The van der Waals surface area contributed by atoms with Gasteiger partial charge in [-0.1, -0.05) is 32.8 Å². The highest BCUT2D eigenvalue weighted by molar-refractivity contribution is 5.44. The molecule has 1 fully saturated rings. The van der Waals surface area contributed by atoms with E-state index in [1.165, 1.54) is 43.2 Å². The summed E-state index contributed by atoms with van der Waals surface area (Å²) in [6, 6.07) is 6.67. The molecule has 3 atom stereocenters. The highest BCUT2D eigenvalue weighted by Crippen LogP contribution is 2.52. The fourth-order valence-corrected chi connectivity index (χ4v) is 4.88. The lowest BCUT2D eigenvalue weighted by Crippen LogP contribution is -2.53. The van der Waals surface area contributed by atoms with Crippen molar-refractivity contribution in [1.82, 2.24) is 5.32 Å². The van der Waals surface area contributed by atoms with Crippen molar-refractivity contribution in [2.45, 2.75) is 63.8 Å². The smallest absolute Gasteiger partial charge is 0.115 e. The molecule has 2 nitrogen and oxygen atoms in total. The lowest BCUT2D eigenvalue weighted by Gasteiger charge is -2.52. The zero-order valence-corrected chi connectivity index (χ0v) is 12.8. The van der Waals surface area contributed by atoms with E-state index in [9.17, 15) is 5.11 Å². The van der Waals surface area contributed by atoms with E-state index in [0.29, 0.717) is 11.8 Å². The zero-order valence-electron chi connectivity index (χ0n) is 12.8. The number of benzene rings is 1. The Hall–Kier alpha value is -1.02. The number of fused-ring (bicyclic) bond motifs is 3. The van der Waals surface area contributed by atoms with E-state index in [2.05, 4.69) is 31.3 Å². The van der Waals surface area contributed by atoms with Crippen molar-refractivity contribution in [2.75, 3.05) is 6.54 Å². The Morgan fingerprint density at radius 1 is 1.30 bits per heavy atom. The summed E-state index contributed by atoms with van der Waals surface area (Å²) < 4.78 is 0. The van der Waals surface area contributed by atoms with Gasteiger partial charge in [0.15, 0.2) is 0 Å². The van der Waals surface area contributed by atoms with Crippen LogP contribution in [0.1, 0.15) is 57.1 Å². The van der Waals surface area contributed by atoms with Crippen LogP contribution in [-0.2, 0) is 11.8 Å². The minimum absolute atomic E-state index is 0.289. The van der Waals surface area contributed by atoms with Crippen LogP contribution in [0.2, 0.25) is 0 Å². The second-order valence-corrected chi connectivity index (χ2v) is 6.57. The molecular formula is C18H27NO. The van der Waals surface area contributed by atoms with Crippen molar-refractivity contribution < 1.29 is 5.11 Å². The van der Waals surface area contributed by atoms with Gasteiger partial charge in [0.25, 0.3) is 0 Å². The average Bonchev–Trinajstić information content (AvgIpc) is 2.48. The molecule has 0 heterocycles. The predicted molar refractivity (Wildman–Crippen MR) is 83.2 cm³/mol. The highest BCUT2D eigenvalue weighted by atomic mass is 16.3. The molecular weight excluding hydrogens is 246 g/mol. The van der Waals surface area contributed by atoms with Gasteiger partial charge in [-0.2, -0.15) is 0 Å². The van der Waals surface area contributed by atoms with Gasteiger partial charge < -0.3 is 10.4 Å². The number of hydrogen-bond acceptors (Lipinski definition) is 2. The molecule has 0 aromatic heterocycles. The van der Waals surface area contributed by atoms with Crippen molar-refractivity contribution in [2.24, 2.45) is 5.92 Å². The number of phenols is 1. The van der Waals surface area contributed by atoms with Gasteiger partial charge in [-0.25, -0.2) is 0 Å². The standard InChI is InChI=1S/C18H27NO/c1-3-18-10-6-5-7-15(18)17(19-4-2)11-13-8-9-14(20)12-16(13)18/h8-9,12,15,17,19-20H,3-7,10-11H2,1-2H3/t15-,17+,18-/m1/s1. The largest absolute Gasteiger partial charge is 0.508 e. The second kappa shape index (κ2) is 5.40. The Bertz CT molecular complexity index is 484. The molecule has 1 saturated carbocycles. The highest BCUT2D eigenvalue weighted by Gasteiger charge is 2.48. The molecule has 0 unspecified atom stereocenters. The van der Waals surface area contributed by atoms with Crippen LogP contribution in [0.15, 0.2) is 18.2 Å². The summed E-state index contributed by atoms with van der Waals surface area (Å²) >= 11 is 0. The maximum absolute atomic E-state index is 9.94. The molecule has 0 spiro atoms. The van der Waals surface area contributed by atoms with Crippen molar-refractivity contribution in [3.05, 3.63) is 29.3 Å². The Balaban J connectivity index is 2.10. The number of aromatic hydroxyl groups is 1. The van der Waals surface area contributed by atoms with E-state index in [1.807, 2.05) is 6.07 Å². The monoisotopic (exact) mass is 273 g/mol. The van der Waals surface area contributed by atoms with Crippen LogP contribution in [0.3, 0.4) is 0 Å². The third kappa shape index (κ3) is 2.05. The van der Waals surface area contributed by atoms with Gasteiger partial charge in [-0.05, 0) is 66.8 Å². The Morgan fingerprint density at radius 3 is 2.90 bits per heavy atom. The van der Waals surface area contributed by atoms with Gasteiger partial charge in [-0.3, -0.25) is 0 Å². The van der Waals surface area contributed by atoms with Crippen LogP contribution in [0.5, 0.6) is 5.75 Å². The molecule has 2 aliphatic carbocycles. The second-order valence-electron chi connectivity index (χ2n) is 6.57. The van der Waals surface area contributed by atoms with Gasteiger partial charge in [0.05, 0.1) is 0 Å². The molecule has 3 rings (SSSR count). The summed E-state index contributed by atoms with van der Waals surface area (Å²) in [5.41, 5.74) is 3.19. The van der Waals surface area contributed by atoms with E-state index < -0.39 is 0 Å². The molecule has 0 radical (unpaired) electrons. The van der Waals surface area contributed by atoms with Gasteiger partial charge in [-0.15, -0.1) is 0 Å².